The number of rotatable bonds is 8. The molecule has 3 aliphatic carbocycles. The smallest absolute Gasteiger partial charge is 0.357 e. The summed E-state index contributed by atoms with van der Waals surface area (Å²) in [6.07, 6.45) is 0.161. The van der Waals surface area contributed by atoms with Crippen LogP contribution in [0.4, 0.5) is 10.8 Å². The van der Waals surface area contributed by atoms with Crippen molar-refractivity contribution < 1.29 is 44.3 Å². The number of aromatic nitrogens is 1. The number of fused-ring (bicyclic) bond motifs is 3. The van der Waals surface area contributed by atoms with Crippen LogP contribution in [0.25, 0.3) is 5.76 Å². The first kappa shape index (κ1) is 31.9. The van der Waals surface area contributed by atoms with Crippen molar-refractivity contribution in [3.63, 3.8) is 0 Å². The number of nitrogens with one attached hydrogen (secondary N) is 1. The number of primary amides is 1. The summed E-state index contributed by atoms with van der Waals surface area (Å²) in [6, 6.07) is 0.577. The predicted molar refractivity (Wildman–Crippen MR) is 164 cm³/mol. The van der Waals surface area contributed by atoms with Crippen LogP contribution in [0, 0.1) is 11.8 Å². The SMILES string of the molecule is CCOC(=O)c1csc(NCc2cc(N(C)C)c3c(c2O)C(O)=C2C(=O)[C@]4(O)C(O)=C(C(N)=O)C(=O)C(N(C)C)[C@@H]4C[C@@H]2C3)n1. The van der Waals surface area contributed by atoms with Crippen LogP contribution in [0.1, 0.15) is 40.5 Å². The highest BCUT2D eigenvalue weighted by Gasteiger charge is 2.64. The number of carbonyl (C=O) groups excluding carboxylic acids is 4. The molecule has 1 saturated carbocycles. The number of esters is 1. The number of thiazole rings is 1. The van der Waals surface area contributed by atoms with Gasteiger partial charge in [0.1, 0.15) is 22.8 Å². The highest BCUT2D eigenvalue weighted by Crippen LogP contribution is 2.54. The van der Waals surface area contributed by atoms with E-state index >= 15 is 0 Å². The molecule has 14 nitrogen and oxygen atoms in total. The molecule has 0 spiro atoms. The first-order valence-corrected chi connectivity index (χ1v) is 15.1. The fraction of sp³-hybridized carbons (Fsp3) is 0.433. The van der Waals surface area contributed by atoms with Crippen LogP contribution in [-0.4, -0.2) is 100 Å². The van der Waals surface area contributed by atoms with Crippen molar-refractivity contribution >= 4 is 51.4 Å². The molecule has 240 valence electrons. The number of aliphatic hydroxyl groups excluding tert-OH is 2. The third-order valence-electron chi connectivity index (χ3n) is 8.68. The quantitative estimate of drug-likeness (QED) is 0.177. The van der Waals surface area contributed by atoms with E-state index in [-0.39, 0.29) is 48.6 Å². The number of amides is 1. The van der Waals surface area contributed by atoms with Gasteiger partial charge in [0.25, 0.3) is 5.91 Å². The van der Waals surface area contributed by atoms with Gasteiger partial charge in [-0.15, -0.1) is 11.3 Å². The second kappa shape index (κ2) is 11.5. The van der Waals surface area contributed by atoms with E-state index < -0.39 is 64.0 Å². The number of phenolic OH excluding ortho intramolecular Hbond substituents is 1. The lowest BCUT2D eigenvalue weighted by Gasteiger charge is -2.50. The second-order valence-electron chi connectivity index (χ2n) is 11.7. The molecular weight excluding hydrogens is 606 g/mol. The summed E-state index contributed by atoms with van der Waals surface area (Å²) >= 11 is 1.16. The van der Waals surface area contributed by atoms with Crippen molar-refractivity contribution in [1.82, 2.24) is 9.88 Å². The van der Waals surface area contributed by atoms with Crippen molar-refractivity contribution in [2.45, 2.75) is 38.0 Å². The van der Waals surface area contributed by atoms with E-state index in [1.165, 1.54) is 10.3 Å². The Kier molecular flexibility index (Phi) is 8.14. The summed E-state index contributed by atoms with van der Waals surface area (Å²) < 4.78 is 4.97. The fourth-order valence-electron chi connectivity index (χ4n) is 6.70. The maximum absolute atomic E-state index is 14.1. The van der Waals surface area contributed by atoms with Crippen LogP contribution >= 0.6 is 11.3 Å². The number of benzene rings is 1. The van der Waals surface area contributed by atoms with Gasteiger partial charge in [-0.25, -0.2) is 9.78 Å². The van der Waals surface area contributed by atoms with E-state index in [4.69, 9.17) is 10.5 Å². The van der Waals surface area contributed by atoms with E-state index in [1.54, 1.807) is 46.1 Å². The number of ketones is 2. The first-order valence-electron chi connectivity index (χ1n) is 14.2. The Bertz CT molecular complexity index is 1690. The minimum Gasteiger partial charge on any atom is -0.508 e. The van der Waals surface area contributed by atoms with Gasteiger partial charge < -0.3 is 41.1 Å². The molecule has 2 aromatic rings. The van der Waals surface area contributed by atoms with Crippen LogP contribution in [-0.2, 0) is 32.1 Å². The summed E-state index contributed by atoms with van der Waals surface area (Å²) in [5.74, 6) is -7.63. The number of aliphatic hydroxyl groups is 3. The lowest BCUT2D eigenvalue weighted by Crippen LogP contribution is -2.65. The Balaban J connectivity index is 1.60. The number of hydrogen-bond acceptors (Lipinski definition) is 14. The number of phenols is 1. The van der Waals surface area contributed by atoms with Gasteiger partial charge in [-0.2, -0.15) is 0 Å². The van der Waals surface area contributed by atoms with Crippen LogP contribution in [0.3, 0.4) is 0 Å². The Hall–Kier alpha value is -4.47. The topological polar surface area (TPSA) is 216 Å². The van der Waals surface area contributed by atoms with Gasteiger partial charge >= 0.3 is 5.97 Å². The van der Waals surface area contributed by atoms with E-state index in [9.17, 15) is 39.6 Å². The zero-order valence-corrected chi connectivity index (χ0v) is 26.2. The minimum absolute atomic E-state index is 0.00442. The highest BCUT2D eigenvalue weighted by atomic mass is 32.1. The first-order chi connectivity index (χ1) is 21.1. The standard InChI is InChI=1S/C30H35N5O9S/c1-6-44-28(42)16-11-45-29(33-16)32-10-13-9-17(34(2)3)14-7-12-8-15-21(35(4)5)24(38)20(27(31)41)26(40)30(15,43)25(39)18(12)23(37)19(14)22(13)36/h9,11-12,15,21,36-37,40,43H,6-8,10H2,1-5H3,(H2,31,41)(H,32,33)/t12-,15-,21?,30-/m0/s1. The molecule has 1 aromatic carbocycles. The number of nitrogens with zero attached hydrogens (tertiary/aromatic N) is 3. The molecule has 15 heteroatoms. The lowest BCUT2D eigenvalue weighted by atomic mass is 9.57. The van der Waals surface area contributed by atoms with Gasteiger partial charge in [0.05, 0.1) is 18.2 Å². The van der Waals surface area contributed by atoms with Gasteiger partial charge in [-0.05, 0) is 51.4 Å². The predicted octanol–water partition coefficient (Wildman–Crippen LogP) is 1.28. The number of likely N-dealkylation sites (N-methyl/N-ethyl adjacent to an activating group) is 1. The third-order valence-corrected chi connectivity index (χ3v) is 9.48. The Morgan fingerprint density at radius 2 is 1.89 bits per heavy atom. The number of hydrogen-bond donors (Lipinski definition) is 6. The molecule has 3 aliphatic rings. The average molecular weight is 642 g/mol. The highest BCUT2D eigenvalue weighted by molar-refractivity contribution is 7.13. The molecule has 5 rings (SSSR count). The van der Waals surface area contributed by atoms with E-state index in [1.807, 2.05) is 0 Å². The van der Waals surface area contributed by atoms with Crippen molar-refractivity contribution in [1.29, 1.82) is 0 Å². The molecule has 0 saturated heterocycles. The van der Waals surface area contributed by atoms with E-state index in [0.717, 1.165) is 11.3 Å². The average Bonchev–Trinajstić information content (AvgIpc) is 3.43. The van der Waals surface area contributed by atoms with Crippen LogP contribution in [0.2, 0.25) is 0 Å². The molecule has 1 aromatic heterocycles. The summed E-state index contributed by atoms with van der Waals surface area (Å²) in [4.78, 5) is 59.1. The largest absolute Gasteiger partial charge is 0.508 e. The van der Waals surface area contributed by atoms with Crippen molar-refractivity contribution in [3.8, 4) is 5.75 Å². The molecule has 1 heterocycles. The third kappa shape index (κ3) is 4.91. The van der Waals surface area contributed by atoms with Crippen molar-refractivity contribution in [3.05, 3.63) is 50.7 Å². The molecule has 7 N–H and O–H groups in total. The van der Waals surface area contributed by atoms with Gasteiger partial charge in [0, 0.05) is 48.8 Å². The zero-order chi connectivity index (χ0) is 33.1. The summed E-state index contributed by atoms with van der Waals surface area (Å²) in [7, 11) is 6.67. The molecular formula is C30H35N5O9S. The number of Topliss-reactive ketones (excluding diaryl/α,β-unsaturated/α-hetero) is 2. The monoisotopic (exact) mass is 641 g/mol. The zero-order valence-electron chi connectivity index (χ0n) is 25.4. The molecule has 1 unspecified atom stereocenters. The van der Waals surface area contributed by atoms with Crippen molar-refractivity contribution in [2.24, 2.45) is 17.6 Å². The molecule has 0 radical (unpaired) electrons. The molecule has 0 bridgehead atoms. The summed E-state index contributed by atoms with van der Waals surface area (Å²) in [5.41, 5.74) is 3.23. The van der Waals surface area contributed by atoms with Gasteiger partial charge in [-0.3, -0.25) is 19.3 Å². The van der Waals surface area contributed by atoms with E-state index in [2.05, 4.69) is 10.3 Å². The number of aromatic hydroxyl groups is 1. The fourth-order valence-corrected chi connectivity index (χ4v) is 7.38. The molecule has 4 atom stereocenters. The molecule has 45 heavy (non-hydrogen) atoms. The number of nitrogens with two attached hydrogens (primary N) is 1. The van der Waals surface area contributed by atoms with Gasteiger partial charge in [-0.1, -0.05) is 0 Å². The lowest BCUT2D eigenvalue weighted by molar-refractivity contribution is -0.153. The van der Waals surface area contributed by atoms with Crippen LogP contribution in [0.15, 0.2) is 28.4 Å². The number of carbonyl (C=O) groups is 4. The normalized spacial score (nSPS) is 24.3. The Labute approximate surface area is 262 Å². The Morgan fingerprint density at radius 1 is 1.20 bits per heavy atom. The summed E-state index contributed by atoms with van der Waals surface area (Å²) in [5, 5.41) is 50.9. The Morgan fingerprint density at radius 3 is 2.49 bits per heavy atom. The van der Waals surface area contributed by atoms with Crippen LogP contribution in [0.5, 0.6) is 5.75 Å². The minimum atomic E-state index is -2.72. The van der Waals surface area contributed by atoms with Gasteiger partial charge in [0.2, 0.25) is 5.78 Å². The maximum atomic E-state index is 14.1. The van der Waals surface area contributed by atoms with Gasteiger partial charge in [0.15, 0.2) is 22.2 Å². The molecule has 1 fully saturated rings. The molecule has 0 aliphatic heterocycles. The second-order valence-corrected chi connectivity index (χ2v) is 12.6. The number of anilines is 2. The number of ether oxygens (including phenoxy) is 1. The molecule has 1 amide bonds. The van der Waals surface area contributed by atoms with Crippen LogP contribution < -0.4 is 16.0 Å². The van der Waals surface area contributed by atoms with E-state index in [0.29, 0.717) is 21.9 Å². The maximum Gasteiger partial charge on any atom is 0.357 e. The van der Waals surface area contributed by atoms with Crippen molar-refractivity contribution in [2.75, 3.05) is 45.0 Å². The summed E-state index contributed by atoms with van der Waals surface area (Å²) in [6.45, 7) is 1.91.